The lowest BCUT2D eigenvalue weighted by Gasteiger charge is -2.39. The minimum atomic E-state index is -0.131. The summed E-state index contributed by atoms with van der Waals surface area (Å²) in [7, 11) is 0. The third-order valence-electron chi connectivity index (χ3n) is 4.29. The second-order valence-corrected chi connectivity index (χ2v) is 5.61. The van der Waals surface area contributed by atoms with E-state index >= 15 is 0 Å². The Hall–Kier alpha value is -1.80. The van der Waals surface area contributed by atoms with Crippen LogP contribution in [0, 0.1) is 5.92 Å². The second kappa shape index (κ2) is 5.68. The van der Waals surface area contributed by atoms with Gasteiger partial charge in [-0.05, 0) is 41.5 Å². The van der Waals surface area contributed by atoms with Gasteiger partial charge in [-0.1, -0.05) is 49.4 Å². The van der Waals surface area contributed by atoms with E-state index in [1.165, 1.54) is 11.1 Å². The molecule has 3 rings (SSSR count). The Morgan fingerprint density at radius 2 is 1.75 bits per heavy atom. The van der Waals surface area contributed by atoms with Crippen molar-refractivity contribution >= 4 is 0 Å². The summed E-state index contributed by atoms with van der Waals surface area (Å²) in [6.07, 6.45) is 0.750. The van der Waals surface area contributed by atoms with E-state index < -0.39 is 0 Å². The highest BCUT2D eigenvalue weighted by atomic mass is 16.5. The van der Waals surface area contributed by atoms with Crippen LogP contribution in [0.5, 0.6) is 5.75 Å². The lowest BCUT2D eigenvalue weighted by Crippen LogP contribution is -2.37. The Balaban J connectivity index is 1.59. The molecule has 3 atom stereocenters. The highest BCUT2D eigenvalue weighted by molar-refractivity contribution is 5.31. The van der Waals surface area contributed by atoms with Crippen molar-refractivity contribution in [2.24, 2.45) is 5.92 Å². The Labute approximate surface area is 120 Å². The van der Waals surface area contributed by atoms with Crippen molar-refractivity contribution in [3.05, 3.63) is 65.7 Å². The smallest absolute Gasteiger partial charge is 0.119 e. The molecule has 3 unspecified atom stereocenters. The van der Waals surface area contributed by atoms with E-state index in [0.29, 0.717) is 18.4 Å². The second-order valence-electron chi connectivity index (χ2n) is 5.61. The number of aliphatic hydroxyl groups excluding tert-OH is 1. The highest BCUT2D eigenvalue weighted by Gasteiger charge is 2.36. The summed E-state index contributed by atoms with van der Waals surface area (Å²) in [4.78, 5) is 0. The van der Waals surface area contributed by atoms with Crippen LogP contribution in [-0.2, 0) is 6.61 Å². The predicted molar refractivity (Wildman–Crippen MR) is 79.7 cm³/mol. The summed E-state index contributed by atoms with van der Waals surface area (Å²) >= 11 is 0. The molecule has 0 amide bonds. The monoisotopic (exact) mass is 268 g/mol. The first-order valence-corrected chi connectivity index (χ1v) is 7.19. The Bertz CT molecular complexity index is 547. The molecule has 1 fully saturated rings. The first-order valence-electron chi connectivity index (χ1n) is 7.19. The molecule has 1 aliphatic rings. The van der Waals surface area contributed by atoms with Crippen LogP contribution in [0.2, 0.25) is 0 Å². The van der Waals surface area contributed by atoms with E-state index in [9.17, 15) is 5.11 Å². The quantitative estimate of drug-likeness (QED) is 0.915. The molecular formula is C18H20O2. The third kappa shape index (κ3) is 2.70. The molecule has 0 heterocycles. The average Bonchev–Trinajstić information content (AvgIpc) is 2.52. The number of hydrogen-bond acceptors (Lipinski definition) is 2. The van der Waals surface area contributed by atoms with Crippen LogP contribution in [0.1, 0.15) is 30.4 Å². The van der Waals surface area contributed by atoms with E-state index in [0.717, 1.165) is 12.2 Å². The van der Waals surface area contributed by atoms with Crippen LogP contribution in [0.25, 0.3) is 0 Å². The lowest BCUT2D eigenvalue weighted by atomic mass is 9.69. The molecule has 2 aromatic carbocycles. The van der Waals surface area contributed by atoms with Gasteiger partial charge in [0, 0.05) is 0 Å². The van der Waals surface area contributed by atoms with Gasteiger partial charge in [0.05, 0.1) is 6.10 Å². The maximum atomic E-state index is 9.59. The number of ether oxygens (including phenoxy) is 1. The fourth-order valence-corrected chi connectivity index (χ4v) is 2.75. The molecule has 0 bridgehead atoms. The number of aliphatic hydroxyl groups is 1. The molecule has 1 aliphatic carbocycles. The molecule has 104 valence electrons. The molecule has 20 heavy (non-hydrogen) atoms. The fraction of sp³-hybridized carbons (Fsp3) is 0.333. The SMILES string of the molecule is CC1C(O)CC1c1ccc(OCc2ccccc2)cc1. The highest BCUT2D eigenvalue weighted by Crippen LogP contribution is 2.42. The molecule has 0 saturated heterocycles. The van der Waals surface area contributed by atoms with Gasteiger partial charge in [-0.2, -0.15) is 0 Å². The number of rotatable bonds is 4. The summed E-state index contributed by atoms with van der Waals surface area (Å²) in [5.74, 6) is 1.75. The predicted octanol–water partition coefficient (Wildman–Crippen LogP) is 3.75. The van der Waals surface area contributed by atoms with Crippen molar-refractivity contribution in [2.45, 2.75) is 32.0 Å². The van der Waals surface area contributed by atoms with Gasteiger partial charge in [0.25, 0.3) is 0 Å². The molecule has 2 heteroatoms. The molecule has 0 radical (unpaired) electrons. The molecule has 0 spiro atoms. The topological polar surface area (TPSA) is 29.5 Å². The minimum absolute atomic E-state index is 0.131. The van der Waals surface area contributed by atoms with Gasteiger partial charge in [-0.25, -0.2) is 0 Å². The van der Waals surface area contributed by atoms with E-state index in [4.69, 9.17) is 4.74 Å². The van der Waals surface area contributed by atoms with E-state index in [-0.39, 0.29) is 6.10 Å². The first-order chi connectivity index (χ1) is 9.74. The Morgan fingerprint density at radius 1 is 1.05 bits per heavy atom. The molecule has 1 N–H and O–H groups in total. The zero-order valence-electron chi connectivity index (χ0n) is 11.7. The molecule has 0 aliphatic heterocycles. The standard InChI is InChI=1S/C18H20O2/c1-13-17(11-18(13)19)15-7-9-16(10-8-15)20-12-14-5-3-2-4-6-14/h2-10,13,17-19H,11-12H2,1H3. The zero-order chi connectivity index (χ0) is 13.9. The molecule has 2 aromatic rings. The zero-order valence-corrected chi connectivity index (χ0v) is 11.7. The summed E-state index contributed by atoms with van der Waals surface area (Å²) in [6, 6.07) is 18.5. The van der Waals surface area contributed by atoms with Crippen LogP contribution in [0.3, 0.4) is 0 Å². The van der Waals surface area contributed by atoms with Crippen LogP contribution in [-0.4, -0.2) is 11.2 Å². The van der Waals surface area contributed by atoms with E-state index in [2.05, 4.69) is 31.2 Å². The Kier molecular flexibility index (Phi) is 3.75. The molecule has 1 saturated carbocycles. The number of benzene rings is 2. The fourth-order valence-electron chi connectivity index (χ4n) is 2.75. The van der Waals surface area contributed by atoms with Crippen LogP contribution < -0.4 is 4.74 Å². The van der Waals surface area contributed by atoms with Crippen molar-refractivity contribution in [2.75, 3.05) is 0 Å². The van der Waals surface area contributed by atoms with Gasteiger partial charge in [0.15, 0.2) is 0 Å². The van der Waals surface area contributed by atoms with Crippen LogP contribution >= 0.6 is 0 Å². The normalized spacial score (nSPS) is 25.0. The van der Waals surface area contributed by atoms with Crippen molar-refractivity contribution in [3.8, 4) is 5.75 Å². The van der Waals surface area contributed by atoms with Gasteiger partial charge in [-0.15, -0.1) is 0 Å². The van der Waals surface area contributed by atoms with Gasteiger partial charge >= 0.3 is 0 Å². The van der Waals surface area contributed by atoms with Crippen LogP contribution in [0.15, 0.2) is 54.6 Å². The van der Waals surface area contributed by atoms with E-state index in [1.807, 2.05) is 30.3 Å². The first kappa shape index (κ1) is 13.2. The maximum absolute atomic E-state index is 9.59. The lowest BCUT2D eigenvalue weighted by molar-refractivity contribution is 0.0117. The van der Waals surface area contributed by atoms with Crippen LogP contribution in [0.4, 0.5) is 0 Å². The van der Waals surface area contributed by atoms with Gasteiger partial charge in [-0.3, -0.25) is 0 Å². The van der Waals surface area contributed by atoms with Gasteiger partial charge in [0.2, 0.25) is 0 Å². The Morgan fingerprint density at radius 3 is 2.35 bits per heavy atom. The molecule has 2 nitrogen and oxygen atoms in total. The minimum Gasteiger partial charge on any atom is -0.489 e. The van der Waals surface area contributed by atoms with Crippen molar-refractivity contribution < 1.29 is 9.84 Å². The van der Waals surface area contributed by atoms with Gasteiger partial charge < -0.3 is 9.84 Å². The largest absolute Gasteiger partial charge is 0.489 e. The molecular weight excluding hydrogens is 248 g/mol. The number of hydrogen-bond donors (Lipinski definition) is 1. The van der Waals surface area contributed by atoms with E-state index in [1.54, 1.807) is 0 Å². The molecule has 0 aromatic heterocycles. The third-order valence-corrected chi connectivity index (χ3v) is 4.29. The summed E-state index contributed by atoms with van der Waals surface area (Å²) in [5.41, 5.74) is 2.47. The summed E-state index contributed by atoms with van der Waals surface area (Å²) < 4.78 is 5.78. The summed E-state index contributed by atoms with van der Waals surface area (Å²) in [5, 5.41) is 9.59. The van der Waals surface area contributed by atoms with Crippen molar-refractivity contribution in [1.82, 2.24) is 0 Å². The average molecular weight is 268 g/mol. The van der Waals surface area contributed by atoms with Gasteiger partial charge in [0.1, 0.15) is 12.4 Å². The summed E-state index contributed by atoms with van der Waals surface area (Å²) in [6.45, 7) is 2.71. The van der Waals surface area contributed by atoms with Crippen molar-refractivity contribution in [1.29, 1.82) is 0 Å². The van der Waals surface area contributed by atoms with Crippen molar-refractivity contribution in [3.63, 3.8) is 0 Å². The maximum Gasteiger partial charge on any atom is 0.119 e.